The van der Waals surface area contributed by atoms with E-state index in [1.165, 1.54) is 173 Å². The van der Waals surface area contributed by atoms with Crippen LogP contribution >= 0.6 is 0 Å². The highest BCUT2D eigenvalue weighted by atomic mass is 16.3. The van der Waals surface area contributed by atoms with E-state index in [9.17, 15) is 15.0 Å². The summed E-state index contributed by atoms with van der Waals surface area (Å²) >= 11 is 0. The number of carbonyl (C=O) groups excluding carboxylic acids is 1. The van der Waals surface area contributed by atoms with Crippen LogP contribution in [0.4, 0.5) is 0 Å². The third-order valence-electron chi connectivity index (χ3n) is 10.8. The Morgan fingerprint density at radius 2 is 0.722 bits per heavy atom. The number of allylic oxidation sites excluding steroid dienone is 7. The fraction of sp³-hybridized carbons (Fsp3) is 0.820. The van der Waals surface area contributed by atoms with Crippen LogP contribution in [0, 0.1) is 0 Å². The van der Waals surface area contributed by atoms with E-state index in [-0.39, 0.29) is 12.5 Å². The van der Waals surface area contributed by atoms with Crippen molar-refractivity contribution in [1.29, 1.82) is 0 Å². The van der Waals surface area contributed by atoms with Gasteiger partial charge in [-0.1, -0.05) is 217 Å². The van der Waals surface area contributed by atoms with Crippen molar-refractivity contribution >= 4 is 5.91 Å². The highest BCUT2D eigenvalue weighted by molar-refractivity contribution is 5.76. The maximum atomic E-state index is 12.4. The zero-order valence-electron chi connectivity index (χ0n) is 36.2. The topological polar surface area (TPSA) is 69.6 Å². The normalized spacial score (nSPS) is 13.3. The molecule has 54 heavy (non-hydrogen) atoms. The van der Waals surface area contributed by atoms with Gasteiger partial charge in [-0.25, -0.2) is 0 Å². The molecular weight excluding hydrogens is 663 g/mol. The fourth-order valence-electron chi connectivity index (χ4n) is 7.09. The minimum absolute atomic E-state index is 0.0863. The molecule has 4 heteroatoms. The van der Waals surface area contributed by atoms with E-state index in [0.29, 0.717) is 6.42 Å². The van der Waals surface area contributed by atoms with Crippen molar-refractivity contribution in [2.45, 2.75) is 257 Å². The summed E-state index contributed by atoms with van der Waals surface area (Å²) in [6.07, 6.45) is 62.4. The van der Waals surface area contributed by atoms with Gasteiger partial charge >= 0.3 is 0 Å². The Balaban J connectivity index is 3.62. The van der Waals surface area contributed by atoms with E-state index < -0.39 is 12.1 Å². The molecule has 0 saturated carbocycles. The van der Waals surface area contributed by atoms with Crippen molar-refractivity contribution in [3.8, 4) is 0 Å². The van der Waals surface area contributed by atoms with Crippen LogP contribution in [-0.4, -0.2) is 34.9 Å². The monoisotopic (exact) mass is 756 g/mol. The van der Waals surface area contributed by atoms with Crippen molar-refractivity contribution in [3.05, 3.63) is 48.6 Å². The van der Waals surface area contributed by atoms with Crippen LogP contribution in [0.3, 0.4) is 0 Å². The lowest BCUT2D eigenvalue weighted by Crippen LogP contribution is -2.45. The Bertz CT molecular complexity index is 862. The first-order valence-corrected chi connectivity index (χ1v) is 23.9. The number of unbranched alkanes of at least 4 members (excludes halogenated alkanes) is 30. The van der Waals surface area contributed by atoms with E-state index in [2.05, 4.69) is 55.6 Å². The lowest BCUT2D eigenvalue weighted by Gasteiger charge is -2.19. The Labute approximate surface area is 337 Å². The second-order valence-corrected chi connectivity index (χ2v) is 16.2. The molecule has 0 aromatic carbocycles. The van der Waals surface area contributed by atoms with Crippen molar-refractivity contribution in [3.63, 3.8) is 0 Å². The maximum Gasteiger partial charge on any atom is 0.220 e. The SMILES string of the molecule is CCCCCCCCC/C=C\CCCCCCCC(=O)NC(CO)C(O)/C=C/CC/C=C/CC/C=C/CCCCCCCCCCCCCCCCCC. The molecule has 0 aliphatic heterocycles. The van der Waals surface area contributed by atoms with Gasteiger partial charge in [-0.05, 0) is 70.6 Å². The number of nitrogens with one attached hydrogen (secondary N) is 1. The number of carbonyl (C=O) groups is 1. The Morgan fingerprint density at radius 3 is 1.07 bits per heavy atom. The molecular formula is C50H93NO3. The minimum Gasteiger partial charge on any atom is -0.394 e. The molecule has 0 aliphatic carbocycles. The molecule has 2 atom stereocenters. The minimum atomic E-state index is -0.874. The molecule has 0 fully saturated rings. The number of amides is 1. The molecule has 1 amide bonds. The van der Waals surface area contributed by atoms with Gasteiger partial charge in [0.1, 0.15) is 0 Å². The highest BCUT2D eigenvalue weighted by Crippen LogP contribution is 2.15. The van der Waals surface area contributed by atoms with Gasteiger partial charge in [0.15, 0.2) is 0 Å². The second kappa shape index (κ2) is 45.7. The van der Waals surface area contributed by atoms with Gasteiger partial charge in [-0.2, -0.15) is 0 Å². The summed E-state index contributed by atoms with van der Waals surface area (Å²) in [4.78, 5) is 12.4. The number of rotatable bonds is 43. The summed E-state index contributed by atoms with van der Waals surface area (Å²) in [6.45, 7) is 4.30. The van der Waals surface area contributed by atoms with Gasteiger partial charge in [0.2, 0.25) is 5.91 Å². The van der Waals surface area contributed by atoms with Gasteiger partial charge in [0.25, 0.3) is 0 Å². The quantitative estimate of drug-likeness (QED) is 0.0429. The van der Waals surface area contributed by atoms with Crippen LogP contribution < -0.4 is 5.32 Å². The first-order chi connectivity index (χ1) is 26.7. The number of aliphatic hydroxyl groups is 2. The molecule has 0 aromatic heterocycles. The summed E-state index contributed by atoms with van der Waals surface area (Å²) in [5.74, 6) is -0.0863. The first-order valence-electron chi connectivity index (χ1n) is 23.9. The van der Waals surface area contributed by atoms with Crippen LogP contribution in [0.15, 0.2) is 48.6 Å². The molecule has 0 radical (unpaired) electrons. The molecule has 2 unspecified atom stereocenters. The lowest BCUT2D eigenvalue weighted by atomic mass is 10.0. The summed E-state index contributed by atoms with van der Waals surface area (Å²) in [5, 5.41) is 23.0. The average Bonchev–Trinajstić information content (AvgIpc) is 3.18. The predicted molar refractivity (Wildman–Crippen MR) is 239 cm³/mol. The van der Waals surface area contributed by atoms with Crippen LogP contribution in [0.5, 0.6) is 0 Å². The van der Waals surface area contributed by atoms with Crippen molar-refractivity contribution < 1.29 is 15.0 Å². The van der Waals surface area contributed by atoms with Crippen LogP contribution in [0.1, 0.15) is 245 Å². The van der Waals surface area contributed by atoms with Gasteiger partial charge in [0.05, 0.1) is 18.8 Å². The zero-order chi connectivity index (χ0) is 39.3. The van der Waals surface area contributed by atoms with Crippen LogP contribution in [0.2, 0.25) is 0 Å². The predicted octanol–water partition coefficient (Wildman–Crippen LogP) is 15.1. The molecule has 0 aliphatic rings. The van der Waals surface area contributed by atoms with Gasteiger partial charge in [0, 0.05) is 6.42 Å². The molecule has 0 aromatic rings. The number of hydrogen-bond donors (Lipinski definition) is 3. The van der Waals surface area contributed by atoms with Crippen molar-refractivity contribution in [2.75, 3.05) is 6.61 Å². The number of hydrogen-bond acceptors (Lipinski definition) is 3. The standard InChI is InChI=1S/C50H93NO3/c1-3-5-7-9-11-13-15-17-19-21-22-23-24-25-26-27-28-29-30-31-33-35-37-39-41-43-45-49(53)48(47-52)51-50(54)46-44-42-40-38-36-34-32-20-18-16-14-12-10-8-6-4-2/h20,29-30,32,35,37,43,45,48-49,52-53H,3-19,21-28,31,33-34,36,38-42,44,46-47H2,1-2H3,(H,51,54)/b30-29+,32-20-,37-35+,45-43+. The Morgan fingerprint density at radius 1 is 0.426 bits per heavy atom. The second-order valence-electron chi connectivity index (χ2n) is 16.2. The number of aliphatic hydroxyl groups excluding tert-OH is 2. The van der Waals surface area contributed by atoms with E-state index >= 15 is 0 Å². The molecule has 0 spiro atoms. The van der Waals surface area contributed by atoms with Crippen molar-refractivity contribution in [1.82, 2.24) is 5.32 Å². The summed E-state index contributed by atoms with van der Waals surface area (Å²) in [6, 6.07) is -0.650. The maximum absolute atomic E-state index is 12.4. The molecule has 0 rings (SSSR count). The lowest BCUT2D eigenvalue weighted by molar-refractivity contribution is -0.123. The van der Waals surface area contributed by atoms with Crippen molar-refractivity contribution in [2.24, 2.45) is 0 Å². The van der Waals surface area contributed by atoms with E-state index in [1.54, 1.807) is 6.08 Å². The van der Waals surface area contributed by atoms with Gasteiger partial charge in [-0.15, -0.1) is 0 Å². The summed E-state index contributed by atoms with van der Waals surface area (Å²) < 4.78 is 0. The first kappa shape index (κ1) is 52.3. The third-order valence-corrected chi connectivity index (χ3v) is 10.8. The summed E-state index contributed by atoms with van der Waals surface area (Å²) in [5.41, 5.74) is 0. The molecule has 316 valence electrons. The molecule has 0 heterocycles. The van der Waals surface area contributed by atoms with Gasteiger partial charge < -0.3 is 15.5 Å². The zero-order valence-corrected chi connectivity index (χ0v) is 36.2. The van der Waals surface area contributed by atoms with Crippen LogP contribution in [0.25, 0.3) is 0 Å². The molecule has 4 nitrogen and oxygen atoms in total. The van der Waals surface area contributed by atoms with E-state index in [4.69, 9.17) is 0 Å². The smallest absolute Gasteiger partial charge is 0.220 e. The fourth-order valence-corrected chi connectivity index (χ4v) is 7.09. The van der Waals surface area contributed by atoms with E-state index in [0.717, 1.165) is 51.4 Å². The van der Waals surface area contributed by atoms with E-state index in [1.807, 2.05) is 6.08 Å². The molecule has 3 N–H and O–H groups in total. The van der Waals surface area contributed by atoms with Gasteiger partial charge in [-0.3, -0.25) is 4.79 Å². The third kappa shape index (κ3) is 41.5. The average molecular weight is 756 g/mol. The van der Waals surface area contributed by atoms with Crippen LogP contribution in [-0.2, 0) is 4.79 Å². The molecule has 0 bridgehead atoms. The summed E-state index contributed by atoms with van der Waals surface area (Å²) in [7, 11) is 0. The Kier molecular flexibility index (Phi) is 44.3. The highest BCUT2D eigenvalue weighted by Gasteiger charge is 2.17. The largest absolute Gasteiger partial charge is 0.394 e. The molecule has 0 saturated heterocycles. The Hall–Kier alpha value is -1.65.